The molecule has 0 bridgehead atoms. The molecule has 1 saturated carbocycles. The molecule has 1 saturated heterocycles. The van der Waals surface area contributed by atoms with Crippen LogP contribution in [0.4, 0.5) is 0 Å². The van der Waals surface area contributed by atoms with Gasteiger partial charge in [0.2, 0.25) is 0 Å². The molecule has 2 N–H and O–H groups in total. The average molecular weight is 420 g/mol. The Balaban J connectivity index is 0.00000192. The predicted octanol–water partition coefficient (Wildman–Crippen LogP) is 4.08. The number of thiazole rings is 1. The predicted molar refractivity (Wildman–Crippen MR) is 115 cm³/mol. The number of H-pyrrole nitrogens is 1. The van der Waals surface area contributed by atoms with Crippen LogP contribution in [0.1, 0.15) is 68.2 Å². The number of hydrogen-bond acceptors (Lipinski definition) is 5. The Hall–Kier alpha value is -1.70. The van der Waals surface area contributed by atoms with Crippen molar-refractivity contribution in [1.29, 1.82) is 0 Å². The molecule has 1 aliphatic carbocycles. The number of nitrogens with zero attached hydrogens (tertiary/aromatic N) is 3. The summed E-state index contributed by atoms with van der Waals surface area (Å²) in [7, 11) is 0. The highest BCUT2D eigenvalue weighted by Gasteiger charge is 2.23. The summed E-state index contributed by atoms with van der Waals surface area (Å²) in [6.45, 7) is 1.98. The van der Waals surface area contributed by atoms with Gasteiger partial charge in [-0.1, -0.05) is 19.3 Å². The molecule has 4 heterocycles. The van der Waals surface area contributed by atoms with Crippen LogP contribution in [-0.4, -0.2) is 32.7 Å². The van der Waals surface area contributed by atoms with Gasteiger partial charge in [-0.15, -0.1) is 23.7 Å². The van der Waals surface area contributed by atoms with Crippen molar-refractivity contribution in [3.8, 4) is 10.6 Å². The lowest BCUT2D eigenvalue weighted by Gasteiger charge is -2.23. The van der Waals surface area contributed by atoms with Crippen molar-refractivity contribution in [3.05, 3.63) is 39.4 Å². The van der Waals surface area contributed by atoms with Crippen molar-refractivity contribution in [3.63, 3.8) is 0 Å². The van der Waals surface area contributed by atoms with Gasteiger partial charge in [-0.3, -0.25) is 4.79 Å². The first-order valence-corrected chi connectivity index (χ1v) is 10.9. The van der Waals surface area contributed by atoms with Crippen molar-refractivity contribution in [2.75, 3.05) is 13.1 Å². The molecule has 0 atom stereocenters. The number of rotatable bonds is 3. The van der Waals surface area contributed by atoms with Gasteiger partial charge in [0, 0.05) is 23.3 Å². The Kier molecular flexibility index (Phi) is 5.85. The first kappa shape index (κ1) is 19.6. The molecule has 2 aliphatic rings. The van der Waals surface area contributed by atoms with Gasteiger partial charge < -0.3 is 10.3 Å². The first-order chi connectivity index (χ1) is 13.3. The summed E-state index contributed by atoms with van der Waals surface area (Å²) < 4.78 is 1.93. The van der Waals surface area contributed by atoms with Crippen LogP contribution in [0.3, 0.4) is 0 Å². The van der Waals surface area contributed by atoms with Gasteiger partial charge in [-0.05, 0) is 38.8 Å². The largest absolute Gasteiger partial charge is 0.317 e. The average Bonchev–Trinajstić information content (AvgIpc) is 3.35. The summed E-state index contributed by atoms with van der Waals surface area (Å²) in [6.07, 6.45) is 10.4. The molecule has 3 aromatic rings. The van der Waals surface area contributed by atoms with Crippen LogP contribution in [0.25, 0.3) is 16.2 Å². The third-order valence-corrected chi connectivity index (χ3v) is 6.96. The minimum Gasteiger partial charge on any atom is -0.317 e. The van der Waals surface area contributed by atoms with E-state index in [1.165, 1.54) is 37.8 Å². The number of halogens is 1. The molecule has 150 valence electrons. The maximum absolute atomic E-state index is 12.4. The standard InChI is InChI=1S/C20H25N5OS.ClH/c26-18-10-17(14-6-8-21-9-7-14)25-19(24-18)15(11-22-25)20-23-16(12-27-20)13-4-2-1-3-5-13;/h10-14,21H,1-9H2,(H,24,26);1H. The topological polar surface area (TPSA) is 75.1 Å². The molecule has 5 rings (SSSR count). The second-order valence-corrected chi connectivity index (χ2v) is 8.67. The fraction of sp³-hybridized carbons (Fsp3) is 0.550. The van der Waals surface area contributed by atoms with Crippen LogP contribution in [0, 0.1) is 0 Å². The van der Waals surface area contributed by atoms with Gasteiger partial charge in [0.05, 0.1) is 23.1 Å². The molecule has 0 radical (unpaired) electrons. The fourth-order valence-corrected chi connectivity index (χ4v) is 5.49. The lowest BCUT2D eigenvalue weighted by molar-refractivity contribution is 0.438. The number of hydrogen-bond donors (Lipinski definition) is 2. The maximum atomic E-state index is 12.4. The van der Waals surface area contributed by atoms with E-state index in [2.05, 4.69) is 20.8 Å². The van der Waals surface area contributed by atoms with Crippen molar-refractivity contribution >= 4 is 29.4 Å². The Bertz CT molecular complexity index is 998. The van der Waals surface area contributed by atoms with E-state index in [1.54, 1.807) is 17.4 Å². The summed E-state index contributed by atoms with van der Waals surface area (Å²) in [5.41, 5.74) is 3.90. The van der Waals surface area contributed by atoms with E-state index in [9.17, 15) is 4.79 Å². The molecule has 6 nitrogen and oxygen atoms in total. The molecule has 0 unspecified atom stereocenters. The van der Waals surface area contributed by atoms with Gasteiger partial charge in [0.1, 0.15) is 10.7 Å². The van der Waals surface area contributed by atoms with Crippen LogP contribution in [-0.2, 0) is 0 Å². The van der Waals surface area contributed by atoms with Gasteiger partial charge in [-0.25, -0.2) is 9.50 Å². The van der Waals surface area contributed by atoms with E-state index in [-0.39, 0.29) is 18.0 Å². The summed E-state index contributed by atoms with van der Waals surface area (Å²) in [5.74, 6) is 0.966. The number of nitrogens with one attached hydrogen (secondary N) is 2. The fourth-order valence-electron chi connectivity index (χ4n) is 4.57. The number of piperidine rings is 1. The molecular weight excluding hydrogens is 394 g/mol. The molecule has 2 fully saturated rings. The lowest BCUT2D eigenvalue weighted by Crippen LogP contribution is -2.28. The number of fused-ring (bicyclic) bond motifs is 1. The van der Waals surface area contributed by atoms with E-state index in [4.69, 9.17) is 4.98 Å². The van der Waals surface area contributed by atoms with Gasteiger partial charge in [0.25, 0.3) is 5.56 Å². The summed E-state index contributed by atoms with van der Waals surface area (Å²) in [4.78, 5) is 20.3. The molecule has 0 spiro atoms. The van der Waals surface area contributed by atoms with Crippen molar-refractivity contribution in [1.82, 2.24) is 24.9 Å². The summed E-state index contributed by atoms with van der Waals surface area (Å²) >= 11 is 1.67. The molecule has 3 aromatic heterocycles. The zero-order chi connectivity index (χ0) is 18.2. The van der Waals surface area contributed by atoms with Gasteiger partial charge >= 0.3 is 0 Å². The highest BCUT2D eigenvalue weighted by molar-refractivity contribution is 7.13. The Morgan fingerprint density at radius 1 is 1.07 bits per heavy atom. The third kappa shape index (κ3) is 3.63. The highest BCUT2D eigenvalue weighted by atomic mass is 35.5. The summed E-state index contributed by atoms with van der Waals surface area (Å²) in [6, 6.07) is 1.72. The van der Waals surface area contributed by atoms with Crippen molar-refractivity contribution < 1.29 is 0 Å². The van der Waals surface area contributed by atoms with Crippen molar-refractivity contribution in [2.45, 2.75) is 56.8 Å². The minimum absolute atomic E-state index is 0. The molecule has 8 heteroatoms. The SMILES string of the molecule is Cl.O=c1cc(C2CCNCC2)n2ncc(-c3nc(C4CCCCC4)cs3)c2[nH]1. The van der Waals surface area contributed by atoms with Gasteiger partial charge in [-0.2, -0.15) is 5.10 Å². The zero-order valence-corrected chi connectivity index (χ0v) is 17.5. The van der Waals surface area contributed by atoms with E-state index in [0.29, 0.717) is 11.8 Å². The van der Waals surface area contributed by atoms with Crippen LogP contribution < -0.4 is 10.9 Å². The van der Waals surface area contributed by atoms with E-state index < -0.39 is 0 Å². The smallest absolute Gasteiger partial charge is 0.251 e. The third-order valence-electron chi connectivity index (χ3n) is 6.07. The number of aromatic amines is 1. The van der Waals surface area contributed by atoms with E-state index in [1.807, 2.05) is 10.7 Å². The monoisotopic (exact) mass is 419 g/mol. The number of aromatic nitrogens is 4. The van der Waals surface area contributed by atoms with E-state index in [0.717, 1.165) is 47.8 Å². The lowest BCUT2D eigenvalue weighted by atomic mass is 9.87. The Morgan fingerprint density at radius 2 is 1.86 bits per heavy atom. The second-order valence-electron chi connectivity index (χ2n) is 7.81. The van der Waals surface area contributed by atoms with Crippen LogP contribution in [0.5, 0.6) is 0 Å². The normalized spacial score (nSPS) is 19.0. The molecular formula is C20H26ClN5OS. The van der Waals surface area contributed by atoms with Crippen molar-refractivity contribution in [2.24, 2.45) is 0 Å². The summed E-state index contributed by atoms with van der Waals surface area (Å²) in [5, 5.41) is 11.2. The molecule has 1 aliphatic heterocycles. The maximum Gasteiger partial charge on any atom is 0.251 e. The first-order valence-electron chi connectivity index (χ1n) is 10.1. The van der Waals surface area contributed by atoms with E-state index >= 15 is 0 Å². The molecule has 28 heavy (non-hydrogen) atoms. The Labute approximate surface area is 174 Å². The molecule has 0 amide bonds. The highest BCUT2D eigenvalue weighted by Crippen LogP contribution is 2.36. The van der Waals surface area contributed by atoms with Crippen LogP contribution in [0.2, 0.25) is 0 Å². The quantitative estimate of drug-likeness (QED) is 0.670. The van der Waals surface area contributed by atoms with Crippen LogP contribution >= 0.6 is 23.7 Å². The second kappa shape index (κ2) is 8.35. The molecule has 0 aromatic carbocycles. The van der Waals surface area contributed by atoms with Crippen LogP contribution in [0.15, 0.2) is 22.4 Å². The zero-order valence-electron chi connectivity index (χ0n) is 15.8. The Morgan fingerprint density at radius 3 is 2.64 bits per heavy atom. The van der Waals surface area contributed by atoms with Gasteiger partial charge in [0.15, 0.2) is 0 Å². The minimum atomic E-state index is -0.0538.